The summed E-state index contributed by atoms with van der Waals surface area (Å²) in [6.07, 6.45) is 1.91. The first-order valence-electron chi connectivity index (χ1n) is 6.84. The number of nitrogens with zero attached hydrogens (tertiary/aromatic N) is 1. The number of amidine groups is 1. The maximum Gasteiger partial charge on any atom is 0.153 e. The number of nitrogens with two attached hydrogens (primary N) is 1. The maximum atomic E-state index is 6.09. The van der Waals surface area contributed by atoms with Crippen LogP contribution in [0.1, 0.15) is 11.6 Å². The molecule has 0 bridgehead atoms. The Labute approximate surface area is 138 Å². The zero-order valence-corrected chi connectivity index (χ0v) is 13.6. The Hall–Kier alpha value is -1.85. The Bertz CT molecular complexity index is 720. The lowest BCUT2D eigenvalue weighted by Crippen LogP contribution is -2.16. The smallest absolute Gasteiger partial charge is 0.153 e. The van der Waals surface area contributed by atoms with Gasteiger partial charge in [0.25, 0.3) is 0 Å². The lowest BCUT2D eigenvalue weighted by molar-refractivity contribution is 0.482. The van der Waals surface area contributed by atoms with Gasteiger partial charge in [0.1, 0.15) is 5.75 Å². The summed E-state index contributed by atoms with van der Waals surface area (Å²) in [5.74, 6) is 1.57. The number of thioether (sulfide) groups is 1. The van der Waals surface area contributed by atoms with Crippen LogP contribution in [0.4, 0.5) is 5.69 Å². The lowest BCUT2D eigenvalue weighted by atomic mass is 10.1. The first-order chi connectivity index (χ1) is 10.7. The molecule has 0 fully saturated rings. The van der Waals surface area contributed by atoms with E-state index in [9.17, 15) is 0 Å². The van der Waals surface area contributed by atoms with Crippen molar-refractivity contribution in [2.45, 2.75) is 6.04 Å². The Morgan fingerprint density at radius 1 is 1.32 bits per heavy atom. The van der Waals surface area contributed by atoms with E-state index >= 15 is 0 Å². The van der Waals surface area contributed by atoms with E-state index in [2.05, 4.69) is 10.3 Å². The number of aliphatic imine (C=N–C) groups is 1. The van der Waals surface area contributed by atoms with E-state index in [4.69, 9.17) is 22.1 Å². The van der Waals surface area contributed by atoms with Crippen LogP contribution in [0, 0.1) is 0 Å². The number of rotatable bonds is 2. The van der Waals surface area contributed by atoms with Crippen molar-refractivity contribution in [2.24, 2.45) is 10.7 Å². The molecular weight excluding hydrogens is 318 g/mol. The summed E-state index contributed by atoms with van der Waals surface area (Å²) in [7, 11) is 0. The molecular formula is C16H16ClN3OS. The molecule has 1 unspecified atom stereocenters. The van der Waals surface area contributed by atoms with E-state index in [1.54, 1.807) is 0 Å². The molecule has 3 N–H and O–H groups in total. The summed E-state index contributed by atoms with van der Waals surface area (Å²) in [5, 5.41) is 4.68. The zero-order valence-electron chi connectivity index (χ0n) is 12.0. The lowest BCUT2D eigenvalue weighted by Gasteiger charge is -2.17. The number of para-hydroxylation sites is 1. The highest BCUT2D eigenvalue weighted by atomic mass is 35.5. The predicted octanol–water partition coefficient (Wildman–Crippen LogP) is 4.28. The average Bonchev–Trinajstić information content (AvgIpc) is 2.68. The standard InChI is InChI=1S/C16H16ClN3OS/c1-22-16(18)19-9-13-11-4-2-3-5-14(11)21-15-7-6-10(17)8-12(15)20-13/h2-8,13,20H,9H2,1H3,(H2,18,19). The van der Waals surface area contributed by atoms with Gasteiger partial charge < -0.3 is 15.8 Å². The van der Waals surface area contributed by atoms with Crippen molar-refractivity contribution in [1.29, 1.82) is 0 Å². The molecule has 0 saturated carbocycles. The van der Waals surface area contributed by atoms with Crippen molar-refractivity contribution in [3.8, 4) is 11.5 Å². The van der Waals surface area contributed by atoms with Gasteiger partial charge in [-0.2, -0.15) is 0 Å². The van der Waals surface area contributed by atoms with Gasteiger partial charge in [0.15, 0.2) is 10.9 Å². The predicted molar refractivity (Wildman–Crippen MR) is 94.3 cm³/mol. The van der Waals surface area contributed by atoms with E-state index in [1.165, 1.54) is 11.8 Å². The number of halogens is 1. The van der Waals surface area contributed by atoms with E-state index in [0.29, 0.717) is 16.7 Å². The van der Waals surface area contributed by atoms with Crippen LogP contribution < -0.4 is 15.8 Å². The van der Waals surface area contributed by atoms with Crippen LogP contribution in [0.25, 0.3) is 0 Å². The highest BCUT2D eigenvalue weighted by Crippen LogP contribution is 2.41. The van der Waals surface area contributed by atoms with Gasteiger partial charge in [0.2, 0.25) is 0 Å². The molecule has 2 aromatic carbocycles. The highest BCUT2D eigenvalue weighted by molar-refractivity contribution is 8.13. The molecule has 0 spiro atoms. The molecule has 1 aliphatic heterocycles. The van der Waals surface area contributed by atoms with Crippen LogP contribution in [0.5, 0.6) is 11.5 Å². The molecule has 2 aromatic rings. The molecule has 4 nitrogen and oxygen atoms in total. The third-order valence-corrected chi connectivity index (χ3v) is 4.21. The maximum absolute atomic E-state index is 6.09. The molecule has 114 valence electrons. The summed E-state index contributed by atoms with van der Waals surface area (Å²) in [6.45, 7) is 0.527. The number of nitrogens with one attached hydrogen (secondary N) is 1. The fourth-order valence-electron chi connectivity index (χ4n) is 2.34. The van der Waals surface area contributed by atoms with Gasteiger partial charge in [0.05, 0.1) is 18.3 Å². The molecule has 0 aliphatic carbocycles. The van der Waals surface area contributed by atoms with Gasteiger partial charge in [-0.15, -0.1) is 0 Å². The topological polar surface area (TPSA) is 59.6 Å². The summed E-state index contributed by atoms with van der Waals surface area (Å²) in [4.78, 5) is 4.41. The van der Waals surface area contributed by atoms with E-state index in [1.807, 2.05) is 48.7 Å². The second kappa shape index (κ2) is 6.50. The van der Waals surface area contributed by atoms with Gasteiger partial charge in [-0.05, 0) is 30.5 Å². The third-order valence-electron chi connectivity index (χ3n) is 3.42. The second-order valence-corrected chi connectivity index (χ2v) is 6.12. The number of benzene rings is 2. The van der Waals surface area contributed by atoms with Crippen molar-refractivity contribution >= 4 is 34.2 Å². The molecule has 1 heterocycles. The van der Waals surface area contributed by atoms with Gasteiger partial charge >= 0.3 is 0 Å². The summed E-state index contributed by atoms with van der Waals surface area (Å²) >= 11 is 7.53. The Morgan fingerprint density at radius 3 is 2.95 bits per heavy atom. The molecule has 0 aromatic heterocycles. The van der Waals surface area contributed by atoms with Gasteiger partial charge in [-0.1, -0.05) is 41.6 Å². The monoisotopic (exact) mass is 333 g/mol. The number of hydrogen-bond donors (Lipinski definition) is 2. The van der Waals surface area contributed by atoms with Gasteiger partial charge in [0, 0.05) is 10.6 Å². The van der Waals surface area contributed by atoms with Crippen molar-refractivity contribution in [3.05, 3.63) is 53.1 Å². The van der Waals surface area contributed by atoms with Crippen molar-refractivity contribution < 1.29 is 4.74 Å². The van der Waals surface area contributed by atoms with Crippen LogP contribution in [-0.4, -0.2) is 18.0 Å². The second-order valence-electron chi connectivity index (χ2n) is 4.86. The number of fused-ring (bicyclic) bond motifs is 2. The molecule has 0 saturated heterocycles. The number of ether oxygens (including phenoxy) is 1. The fraction of sp³-hybridized carbons (Fsp3) is 0.188. The van der Waals surface area contributed by atoms with Crippen molar-refractivity contribution in [1.82, 2.24) is 0 Å². The molecule has 0 radical (unpaired) electrons. The molecule has 0 amide bonds. The van der Waals surface area contributed by atoms with Crippen LogP contribution in [0.15, 0.2) is 47.5 Å². The molecule has 6 heteroatoms. The Balaban J connectivity index is 2.01. The minimum atomic E-state index is -0.0263. The molecule has 3 rings (SSSR count). The van der Waals surface area contributed by atoms with Crippen LogP contribution in [0.3, 0.4) is 0 Å². The number of anilines is 1. The summed E-state index contributed by atoms with van der Waals surface area (Å²) < 4.78 is 6.01. The highest BCUT2D eigenvalue weighted by Gasteiger charge is 2.22. The average molecular weight is 334 g/mol. The first-order valence-corrected chi connectivity index (χ1v) is 8.44. The van der Waals surface area contributed by atoms with Crippen molar-refractivity contribution in [2.75, 3.05) is 18.1 Å². The van der Waals surface area contributed by atoms with E-state index < -0.39 is 0 Å². The Kier molecular flexibility index (Phi) is 4.45. The summed E-state index contributed by atoms with van der Waals surface area (Å²) in [5.41, 5.74) is 7.70. The molecule has 1 aliphatic rings. The fourth-order valence-corrected chi connectivity index (χ4v) is 2.71. The van der Waals surface area contributed by atoms with E-state index in [-0.39, 0.29) is 6.04 Å². The van der Waals surface area contributed by atoms with Crippen LogP contribution in [-0.2, 0) is 0 Å². The zero-order chi connectivity index (χ0) is 15.5. The van der Waals surface area contributed by atoms with Gasteiger partial charge in [-0.25, -0.2) is 0 Å². The molecule has 1 atom stereocenters. The Morgan fingerprint density at radius 2 is 2.14 bits per heavy atom. The van der Waals surface area contributed by atoms with Gasteiger partial charge in [-0.3, -0.25) is 4.99 Å². The third kappa shape index (κ3) is 3.15. The van der Waals surface area contributed by atoms with Crippen LogP contribution in [0.2, 0.25) is 5.02 Å². The first kappa shape index (κ1) is 15.1. The largest absolute Gasteiger partial charge is 0.455 e. The van der Waals surface area contributed by atoms with E-state index in [0.717, 1.165) is 22.7 Å². The van der Waals surface area contributed by atoms with Crippen LogP contribution >= 0.6 is 23.4 Å². The normalized spacial score (nSPS) is 16.8. The molecule has 22 heavy (non-hydrogen) atoms. The van der Waals surface area contributed by atoms with Crippen molar-refractivity contribution in [3.63, 3.8) is 0 Å². The minimum Gasteiger partial charge on any atom is -0.455 e. The summed E-state index contributed by atoms with van der Waals surface area (Å²) in [6, 6.07) is 13.4. The number of hydrogen-bond acceptors (Lipinski definition) is 4. The quantitative estimate of drug-likeness (QED) is 0.636. The SMILES string of the molecule is CSC(N)=NCC1Nc2cc(Cl)ccc2Oc2ccccc21. The minimum absolute atomic E-state index is 0.0263.